The van der Waals surface area contributed by atoms with E-state index in [0.29, 0.717) is 34.0 Å². The van der Waals surface area contributed by atoms with Crippen molar-refractivity contribution in [3.63, 3.8) is 0 Å². The SMILES string of the molecule is [C-]#[N+]c1ccnc(-c2ccc(-c3c4ccccc4c(-c4ccc(-c5cc(C#N)ccn5)nc4)c4cc(-c5ccccc5)ccc34)cn2)c1. The van der Waals surface area contributed by atoms with Crippen molar-refractivity contribution in [3.8, 4) is 62.2 Å². The molecule has 0 aliphatic rings. The molecule has 48 heavy (non-hydrogen) atoms. The Hall–Kier alpha value is -7.02. The van der Waals surface area contributed by atoms with E-state index in [0.717, 1.165) is 54.9 Å². The van der Waals surface area contributed by atoms with Gasteiger partial charge in [0.2, 0.25) is 0 Å². The van der Waals surface area contributed by atoms with Gasteiger partial charge in [-0.1, -0.05) is 78.9 Å². The van der Waals surface area contributed by atoms with E-state index in [9.17, 15) is 5.26 Å². The summed E-state index contributed by atoms with van der Waals surface area (Å²) in [6.45, 7) is 7.38. The minimum Gasteiger partial charge on any atom is -0.257 e. The number of benzene rings is 4. The Labute approximate surface area is 277 Å². The third-order valence-corrected chi connectivity index (χ3v) is 8.52. The van der Waals surface area contributed by atoms with Crippen LogP contribution in [0.2, 0.25) is 0 Å². The maximum atomic E-state index is 9.38. The fourth-order valence-corrected chi connectivity index (χ4v) is 6.27. The first-order valence-electron chi connectivity index (χ1n) is 15.4. The summed E-state index contributed by atoms with van der Waals surface area (Å²) in [5.74, 6) is 0. The van der Waals surface area contributed by atoms with Crippen LogP contribution < -0.4 is 0 Å². The summed E-state index contributed by atoms with van der Waals surface area (Å²) in [6, 6.07) is 42.7. The molecular weight excluding hydrogens is 589 g/mol. The Morgan fingerprint density at radius 2 is 1.06 bits per heavy atom. The summed E-state index contributed by atoms with van der Waals surface area (Å²) >= 11 is 0. The first kappa shape index (κ1) is 28.5. The molecule has 0 fully saturated rings. The van der Waals surface area contributed by atoms with Crippen LogP contribution in [0.25, 0.3) is 82.5 Å². The zero-order chi connectivity index (χ0) is 32.5. The fraction of sp³-hybridized carbons (Fsp3) is 0. The highest BCUT2D eigenvalue weighted by Crippen LogP contribution is 2.45. The first-order chi connectivity index (χ1) is 23.7. The number of fused-ring (bicyclic) bond motifs is 2. The molecule has 0 spiro atoms. The van der Waals surface area contributed by atoms with E-state index in [1.54, 1.807) is 36.7 Å². The van der Waals surface area contributed by atoms with Gasteiger partial charge < -0.3 is 0 Å². The van der Waals surface area contributed by atoms with E-state index >= 15 is 0 Å². The lowest BCUT2D eigenvalue weighted by atomic mass is 9.85. The molecule has 222 valence electrons. The molecule has 8 rings (SSSR count). The average molecular weight is 613 g/mol. The van der Waals surface area contributed by atoms with Crippen molar-refractivity contribution in [2.45, 2.75) is 0 Å². The topological polar surface area (TPSA) is 79.7 Å². The van der Waals surface area contributed by atoms with Crippen molar-refractivity contribution in [1.29, 1.82) is 5.26 Å². The Bertz CT molecular complexity index is 2560. The number of rotatable bonds is 5. The molecule has 4 heterocycles. The van der Waals surface area contributed by atoms with Gasteiger partial charge in [0.25, 0.3) is 0 Å². The van der Waals surface area contributed by atoms with Crippen molar-refractivity contribution < 1.29 is 0 Å². The zero-order valence-corrected chi connectivity index (χ0v) is 25.5. The van der Waals surface area contributed by atoms with Crippen LogP contribution in [-0.2, 0) is 0 Å². The summed E-state index contributed by atoms with van der Waals surface area (Å²) in [5, 5.41) is 13.8. The molecule has 8 aromatic rings. The van der Waals surface area contributed by atoms with Crippen LogP contribution in [-0.4, -0.2) is 19.9 Å². The number of nitrogens with zero attached hydrogens (tertiary/aromatic N) is 6. The third-order valence-electron chi connectivity index (χ3n) is 8.52. The van der Waals surface area contributed by atoms with Gasteiger partial charge in [0.05, 0.1) is 41.0 Å². The third kappa shape index (κ3) is 5.10. The van der Waals surface area contributed by atoms with E-state index in [1.807, 2.05) is 30.6 Å². The normalized spacial score (nSPS) is 10.9. The van der Waals surface area contributed by atoms with E-state index in [-0.39, 0.29) is 0 Å². The lowest BCUT2D eigenvalue weighted by Crippen LogP contribution is -1.94. The molecule has 0 atom stereocenters. The predicted molar refractivity (Wildman–Crippen MR) is 191 cm³/mol. The molecule has 6 nitrogen and oxygen atoms in total. The molecule has 0 unspecified atom stereocenters. The molecule has 0 saturated carbocycles. The smallest absolute Gasteiger partial charge is 0.190 e. The van der Waals surface area contributed by atoms with Gasteiger partial charge in [-0.3, -0.25) is 19.9 Å². The molecule has 4 aromatic carbocycles. The second-order valence-electron chi connectivity index (χ2n) is 11.3. The van der Waals surface area contributed by atoms with Crippen molar-refractivity contribution >= 4 is 27.2 Å². The van der Waals surface area contributed by atoms with Gasteiger partial charge in [-0.2, -0.15) is 5.26 Å². The number of hydrogen-bond acceptors (Lipinski definition) is 5. The van der Waals surface area contributed by atoms with Gasteiger partial charge >= 0.3 is 0 Å². The van der Waals surface area contributed by atoms with Crippen LogP contribution in [0.5, 0.6) is 0 Å². The average Bonchev–Trinajstić information content (AvgIpc) is 3.17. The first-order valence-corrected chi connectivity index (χ1v) is 15.4. The maximum absolute atomic E-state index is 9.38. The quantitative estimate of drug-likeness (QED) is 0.143. The predicted octanol–water partition coefficient (Wildman–Crippen LogP) is 10.3. The molecule has 0 radical (unpaired) electrons. The van der Waals surface area contributed by atoms with Crippen molar-refractivity contribution in [2.24, 2.45) is 0 Å². The van der Waals surface area contributed by atoms with Crippen molar-refractivity contribution in [1.82, 2.24) is 19.9 Å². The second-order valence-corrected chi connectivity index (χ2v) is 11.3. The minimum absolute atomic E-state index is 0.530. The molecule has 4 aromatic heterocycles. The molecule has 0 N–H and O–H groups in total. The van der Waals surface area contributed by atoms with E-state index < -0.39 is 0 Å². The maximum Gasteiger partial charge on any atom is 0.190 e. The van der Waals surface area contributed by atoms with Crippen LogP contribution in [0.3, 0.4) is 0 Å². The highest BCUT2D eigenvalue weighted by atomic mass is 14.8. The van der Waals surface area contributed by atoms with Gasteiger partial charge in [-0.25, -0.2) is 4.85 Å². The monoisotopic (exact) mass is 612 g/mol. The molecule has 0 aliphatic heterocycles. The Morgan fingerprint density at radius 3 is 1.69 bits per heavy atom. The molecule has 0 aliphatic carbocycles. The lowest BCUT2D eigenvalue weighted by Gasteiger charge is -2.18. The van der Waals surface area contributed by atoms with Gasteiger partial charge in [-0.15, -0.1) is 0 Å². The second kappa shape index (κ2) is 12.1. The Balaban J connectivity index is 1.35. The van der Waals surface area contributed by atoms with Gasteiger partial charge in [0.1, 0.15) is 0 Å². The summed E-state index contributed by atoms with van der Waals surface area (Å²) < 4.78 is 0. The summed E-state index contributed by atoms with van der Waals surface area (Å²) in [5.41, 5.74) is 10.2. The van der Waals surface area contributed by atoms with Gasteiger partial charge in [0, 0.05) is 35.9 Å². The summed E-state index contributed by atoms with van der Waals surface area (Å²) in [7, 11) is 0. The van der Waals surface area contributed by atoms with Crippen LogP contribution in [0.4, 0.5) is 5.69 Å². The molecule has 0 bridgehead atoms. The lowest BCUT2D eigenvalue weighted by molar-refractivity contribution is 1.24. The zero-order valence-electron chi connectivity index (χ0n) is 25.5. The van der Waals surface area contributed by atoms with Crippen molar-refractivity contribution in [2.75, 3.05) is 0 Å². The van der Waals surface area contributed by atoms with Crippen LogP contribution in [0.15, 0.2) is 146 Å². The molecular formula is C42H24N6. The molecule has 6 heteroatoms. The van der Waals surface area contributed by atoms with Crippen LogP contribution in [0.1, 0.15) is 5.56 Å². The van der Waals surface area contributed by atoms with Crippen LogP contribution in [0, 0.1) is 17.9 Å². The van der Waals surface area contributed by atoms with E-state index in [4.69, 9.17) is 16.5 Å². The largest absolute Gasteiger partial charge is 0.257 e. The standard InChI is InChI=1S/C42H24N6/c1-44-32-18-20-46-40(23-32)38-16-12-30(25-48-38)41-33-9-5-6-10-34(33)42(36-22-29(11-14-35(36)41)28-7-3-2-4-8-28)31-13-15-37(47-26-31)39-21-27(24-43)17-19-45-39/h2-23,25-26H. The Morgan fingerprint density at radius 1 is 0.479 bits per heavy atom. The van der Waals surface area contributed by atoms with E-state index in [2.05, 4.69) is 99.7 Å². The fourth-order valence-electron chi connectivity index (χ4n) is 6.27. The van der Waals surface area contributed by atoms with Gasteiger partial charge in [0.15, 0.2) is 5.69 Å². The van der Waals surface area contributed by atoms with E-state index in [1.165, 1.54) is 0 Å². The number of nitriles is 1. The van der Waals surface area contributed by atoms with Crippen molar-refractivity contribution in [3.05, 3.63) is 163 Å². The highest BCUT2D eigenvalue weighted by Gasteiger charge is 2.18. The van der Waals surface area contributed by atoms with Crippen LogP contribution >= 0.6 is 0 Å². The number of hydrogen-bond donors (Lipinski definition) is 0. The number of pyridine rings is 4. The molecule has 0 saturated heterocycles. The van der Waals surface area contributed by atoms with Gasteiger partial charge in [-0.05, 0) is 86.3 Å². The minimum atomic E-state index is 0.530. The number of aromatic nitrogens is 4. The summed E-state index contributed by atoms with van der Waals surface area (Å²) in [4.78, 5) is 22.1. The Kier molecular flexibility index (Phi) is 7.15. The molecule has 0 amide bonds. The summed E-state index contributed by atoms with van der Waals surface area (Å²) in [6.07, 6.45) is 7.07. The highest BCUT2D eigenvalue weighted by molar-refractivity contribution is 6.21.